The molecule has 1 aromatic rings. The fourth-order valence-electron chi connectivity index (χ4n) is 3.04. The topological polar surface area (TPSA) is 55.1 Å². The highest BCUT2D eigenvalue weighted by Gasteiger charge is 2.29. The number of carbonyl (C=O) groups excluding carboxylic acids is 1. The Bertz CT molecular complexity index is 432. The number of amides is 1. The van der Waals surface area contributed by atoms with Crippen LogP contribution in [0.1, 0.15) is 38.7 Å². The lowest BCUT2D eigenvalue weighted by Crippen LogP contribution is -2.50. The first kappa shape index (κ1) is 15.0. The van der Waals surface area contributed by atoms with Gasteiger partial charge in [0.2, 0.25) is 5.91 Å². The number of carbonyl (C=O) groups is 1. The lowest BCUT2D eigenvalue weighted by Gasteiger charge is -2.35. The van der Waals surface area contributed by atoms with Gasteiger partial charge in [0, 0.05) is 6.04 Å². The van der Waals surface area contributed by atoms with E-state index >= 15 is 0 Å². The molecule has 1 fully saturated rings. The van der Waals surface area contributed by atoms with Gasteiger partial charge in [0.05, 0.1) is 6.04 Å². The summed E-state index contributed by atoms with van der Waals surface area (Å²) in [6.45, 7) is 4.50. The van der Waals surface area contributed by atoms with Gasteiger partial charge in [-0.1, -0.05) is 57.0 Å². The Morgan fingerprint density at radius 2 is 2.00 bits per heavy atom. The number of nitrogens with one attached hydrogen (secondary N) is 1. The molecule has 0 bridgehead atoms. The Kier molecular flexibility index (Phi) is 5.18. The van der Waals surface area contributed by atoms with Crippen molar-refractivity contribution in [2.45, 2.75) is 51.6 Å². The van der Waals surface area contributed by atoms with Crippen LogP contribution < -0.4 is 11.1 Å². The molecule has 3 N–H and O–H groups in total. The first-order chi connectivity index (χ1) is 9.58. The number of hydrogen-bond donors (Lipinski definition) is 2. The Labute approximate surface area is 121 Å². The zero-order valence-corrected chi connectivity index (χ0v) is 12.5. The molecule has 4 unspecified atom stereocenters. The van der Waals surface area contributed by atoms with E-state index in [1.807, 2.05) is 30.3 Å². The van der Waals surface area contributed by atoms with Crippen LogP contribution in [0.4, 0.5) is 0 Å². The van der Waals surface area contributed by atoms with Crippen LogP contribution in [0.5, 0.6) is 0 Å². The molecule has 110 valence electrons. The lowest BCUT2D eigenvalue weighted by molar-refractivity contribution is -0.123. The van der Waals surface area contributed by atoms with Gasteiger partial charge in [-0.15, -0.1) is 0 Å². The van der Waals surface area contributed by atoms with Gasteiger partial charge in [-0.2, -0.15) is 0 Å². The lowest BCUT2D eigenvalue weighted by atomic mass is 9.78. The fraction of sp³-hybridized carbons (Fsp3) is 0.588. The van der Waals surface area contributed by atoms with Crippen LogP contribution in [-0.4, -0.2) is 18.0 Å². The van der Waals surface area contributed by atoms with E-state index in [-0.39, 0.29) is 11.9 Å². The highest BCUT2D eigenvalue weighted by molar-refractivity contribution is 5.82. The van der Waals surface area contributed by atoms with Crippen LogP contribution in [0.2, 0.25) is 0 Å². The first-order valence-corrected chi connectivity index (χ1v) is 7.68. The molecule has 0 heterocycles. The quantitative estimate of drug-likeness (QED) is 0.886. The SMILES string of the molecule is CC1CCCC(NC(=O)C(N)Cc2ccccc2)C1C. The molecule has 0 aliphatic heterocycles. The van der Waals surface area contributed by atoms with E-state index in [1.165, 1.54) is 12.8 Å². The van der Waals surface area contributed by atoms with Crippen LogP contribution in [-0.2, 0) is 11.2 Å². The van der Waals surface area contributed by atoms with E-state index in [0.717, 1.165) is 12.0 Å². The van der Waals surface area contributed by atoms with E-state index in [9.17, 15) is 4.79 Å². The third-order valence-corrected chi connectivity index (χ3v) is 4.67. The molecule has 1 aliphatic carbocycles. The van der Waals surface area contributed by atoms with Gasteiger partial charge in [-0.05, 0) is 30.2 Å². The second-order valence-corrected chi connectivity index (χ2v) is 6.18. The van der Waals surface area contributed by atoms with Crippen LogP contribution in [0.15, 0.2) is 30.3 Å². The third kappa shape index (κ3) is 3.83. The van der Waals surface area contributed by atoms with E-state index in [2.05, 4.69) is 19.2 Å². The number of hydrogen-bond acceptors (Lipinski definition) is 2. The van der Waals surface area contributed by atoms with Crippen LogP contribution in [0.3, 0.4) is 0 Å². The zero-order valence-electron chi connectivity index (χ0n) is 12.5. The number of benzene rings is 1. The molecule has 0 radical (unpaired) electrons. The van der Waals surface area contributed by atoms with Crippen molar-refractivity contribution in [2.75, 3.05) is 0 Å². The summed E-state index contributed by atoms with van der Waals surface area (Å²) in [5.41, 5.74) is 7.15. The van der Waals surface area contributed by atoms with Gasteiger partial charge in [0.15, 0.2) is 0 Å². The normalized spacial score (nSPS) is 27.9. The summed E-state index contributed by atoms with van der Waals surface area (Å²) in [7, 11) is 0. The molecule has 0 spiro atoms. The summed E-state index contributed by atoms with van der Waals surface area (Å²) in [4.78, 5) is 12.2. The van der Waals surface area contributed by atoms with Crippen LogP contribution >= 0.6 is 0 Å². The second kappa shape index (κ2) is 6.89. The Morgan fingerprint density at radius 3 is 2.70 bits per heavy atom. The maximum Gasteiger partial charge on any atom is 0.237 e. The van der Waals surface area contributed by atoms with E-state index in [0.29, 0.717) is 18.3 Å². The molecule has 3 heteroatoms. The zero-order chi connectivity index (χ0) is 14.5. The van der Waals surface area contributed by atoms with Gasteiger partial charge in [-0.3, -0.25) is 4.79 Å². The predicted molar refractivity (Wildman–Crippen MR) is 82.2 cm³/mol. The van der Waals surface area contributed by atoms with Crippen molar-refractivity contribution >= 4 is 5.91 Å². The molecule has 1 saturated carbocycles. The molecule has 0 aromatic heterocycles. The Morgan fingerprint density at radius 1 is 1.30 bits per heavy atom. The fourth-order valence-corrected chi connectivity index (χ4v) is 3.04. The molecule has 1 aliphatic rings. The summed E-state index contributed by atoms with van der Waals surface area (Å²) >= 11 is 0. The minimum Gasteiger partial charge on any atom is -0.352 e. The maximum absolute atomic E-state index is 12.2. The highest BCUT2D eigenvalue weighted by atomic mass is 16.2. The van der Waals surface area contributed by atoms with Gasteiger partial charge in [0.25, 0.3) is 0 Å². The van der Waals surface area contributed by atoms with Crippen molar-refractivity contribution in [2.24, 2.45) is 17.6 Å². The van der Waals surface area contributed by atoms with E-state index in [1.54, 1.807) is 0 Å². The summed E-state index contributed by atoms with van der Waals surface area (Å²) in [6.07, 6.45) is 4.15. The van der Waals surface area contributed by atoms with Gasteiger partial charge < -0.3 is 11.1 Å². The Balaban J connectivity index is 1.87. The molecule has 4 atom stereocenters. The summed E-state index contributed by atoms with van der Waals surface area (Å²) in [5.74, 6) is 1.20. The predicted octanol–water partition coefficient (Wildman–Crippen LogP) is 2.50. The average molecular weight is 274 g/mol. The monoisotopic (exact) mass is 274 g/mol. The van der Waals surface area contributed by atoms with Crippen LogP contribution in [0, 0.1) is 11.8 Å². The largest absolute Gasteiger partial charge is 0.352 e. The molecule has 20 heavy (non-hydrogen) atoms. The molecule has 2 rings (SSSR count). The van der Waals surface area contributed by atoms with Crippen molar-refractivity contribution in [3.8, 4) is 0 Å². The summed E-state index contributed by atoms with van der Waals surface area (Å²) < 4.78 is 0. The standard InChI is InChI=1S/C17H26N2O/c1-12-7-6-10-16(13(12)2)19-17(20)15(18)11-14-8-4-3-5-9-14/h3-5,8-9,12-13,15-16H,6-7,10-11,18H2,1-2H3,(H,19,20). The van der Waals surface area contributed by atoms with Crippen molar-refractivity contribution < 1.29 is 4.79 Å². The third-order valence-electron chi connectivity index (χ3n) is 4.67. The van der Waals surface area contributed by atoms with Crippen molar-refractivity contribution in [1.29, 1.82) is 0 Å². The summed E-state index contributed by atoms with van der Waals surface area (Å²) in [5, 5.41) is 3.16. The first-order valence-electron chi connectivity index (χ1n) is 7.68. The highest BCUT2D eigenvalue weighted by Crippen LogP contribution is 2.29. The smallest absolute Gasteiger partial charge is 0.237 e. The van der Waals surface area contributed by atoms with Crippen LogP contribution in [0.25, 0.3) is 0 Å². The molecule has 1 amide bonds. The molecule has 3 nitrogen and oxygen atoms in total. The molecule has 1 aromatic carbocycles. The second-order valence-electron chi connectivity index (χ2n) is 6.18. The molecular weight excluding hydrogens is 248 g/mol. The van der Waals surface area contributed by atoms with Crippen molar-refractivity contribution in [3.05, 3.63) is 35.9 Å². The van der Waals surface area contributed by atoms with Crippen molar-refractivity contribution in [3.63, 3.8) is 0 Å². The molecule has 0 saturated heterocycles. The van der Waals surface area contributed by atoms with Crippen molar-refractivity contribution in [1.82, 2.24) is 5.32 Å². The average Bonchev–Trinajstić information content (AvgIpc) is 2.45. The summed E-state index contributed by atoms with van der Waals surface area (Å²) in [6, 6.07) is 9.78. The maximum atomic E-state index is 12.2. The van der Waals surface area contributed by atoms with Gasteiger partial charge in [0.1, 0.15) is 0 Å². The number of nitrogens with two attached hydrogens (primary N) is 1. The molecular formula is C17H26N2O. The van der Waals surface area contributed by atoms with Gasteiger partial charge >= 0.3 is 0 Å². The Hall–Kier alpha value is -1.35. The van der Waals surface area contributed by atoms with Gasteiger partial charge in [-0.25, -0.2) is 0 Å². The van der Waals surface area contributed by atoms with E-state index in [4.69, 9.17) is 5.73 Å². The number of rotatable bonds is 4. The minimum absolute atomic E-state index is 0.0141. The minimum atomic E-state index is -0.457. The van der Waals surface area contributed by atoms with E-state index < -0.39 is 6.04 Å².